The zero-order valence-electron chi connectivity index (χ0n) is 7.22. The predicted molar refractivity (Wildman–Crippen MR) is 53.6 cm³/mol. The van der Waals surface area contributed by atoms with Gasteiger partial charge in [0.25, 0.3) is 9.05 Å². The number of benzene rings is 1. The molecule has 0 saturated heterocycles. The Morgan fingerprint density at radius 1 is 1.47 bits per heavy atom. The first-order valence-corrected chi connectivity index (χ1v) is 6.55. The first kappa shape index (κ1) is 12.7. The van der Waals surface area contributed by atoms with E-state index in [1.165, 1.54) is 0 Å². The first-order valence-electron chi connectivity index (χ1n) is 3.45. The second-order valence-corrected chi connectivity index (χ2v) is 5.81. The fourth-order valence-corrected chi connectivity index (χ4v) is 2.63. The van der Waals surface area contributed by atoms with Crippen LogP contribution in [0.3, 0.4) is 0 Å². The zero-order chi connectivity index (χ0) is 11.8. The van der Waals surface area contributed by atoms with Gasteiger partial charge in [-0.1, -0.05) is 0 Å². The minimum atomic E-state index is -4.42. The van der Waals surface area contributed by atoms with E-state index in [0.717, 1.165) is 13.2 Å². The van der Waals surface area contributed by atoms with Crippen LogP contribution in [-0.4, -0.2) is 15.5 Å². The fraction of sp³-hybridized carbons (Fsp3) is 0.143. The maximum Gasteiger partial charge on any atom is 0.268 e. The molecule has 8 heteroatoms. The Morgan fingerprint density at radius 3 is 2.40 bits per heavy atom. The highest BCUT2D eigenvalue weighted by Gasteiger charge is 2.27. The molecule has 84 valence electrons. The second kappa shape index (κ2) is 4.23. The van der Waals surface area contributed by atoms with Crippen molar-refractivity contribution in [3.05, 3.63) is 22.2 Å². The lowest BCUT2D eigenvalue weighted by Gasteiger charge is -2.08. The van der Waals surface area contributed by atoms with Crippen LogP contribution in [-0.2, 0) is 9.05 Å². The van der Waals surface area contributed by atoms with Crippen LogP contribution in [0, 0.1) is 11.6 Å². The summed E-state index contributed by atoms with van der Waals surface area (Å²) in [6, 6.07) is 0.750. The topological polar surface area (TPSA) is 43.4 Å². The number of rotatable bonds is 2. The highest BCUT2D eigenvalue weighted by Crippen LogP contribution is 2.35. The van der Waals surface area contributed by atoms with Gasteiger partial charge in [0, 0.05) is 10.7 Å². The fourth-order valence-electron chi connectivity index (χ4n) is 0.965. The molecule has 0 amide bonds. The van der Waals surface area contributed by atoms with Gasteiger partial charge in [0.05, 0.1) is 11.6 Å². The van der Waals surface area contributed by atoms with Crippen LogP contribution in [0.5, 0.6) is 5.75 Å². The lowest BCUT2D eigenvalue weighted by Crippen LogP contribution is -2.03. The summed E-state index contributed by atoms with van der Waals surface area (Å²) >= 11 is 2.66. The molecule has 0 unspecified atom stereocenters. The lowest BCUT2D eigenvalue weighted by atomic mass is 10.3. The van der Waals surface area contributed by atoms with Crippen molar-refractivity contribution >= 4 is 35.7 Å². The molecule has 0 aliphatic heterocycles. The van der Waals surface area contributed by atoms with E-state index in [4.69, 9.17) is 10.7 Å². The summed E-state index contributed by atoms with van der Waals surface area (Å²) in [6.45, 7) is 0. The molecular formula is C7H4BrClF2O3S. The number of halogens is 4. The van der Waals surface area contributed by atoms with Crippen LogP contribution < -0.4 is 4.74 Å². The summed E-state index contributed by atoms with van der Waals surface area (Å²) in [6.07, 6.45) is 0. The maximum absolute atomic E-state index is 13.4. The van der Waals surface area contributed by atoms with E-state index in [1.54, 1.807) is 0 Å². The highest BCUT2D eigenvalue weighted by molar-refractivity contribution is 9.10. The number of hydrogen-bond acceptors (Lipinski definition) is 3. The van der Waals surface area contributed by atoms with Crippen molar-refractivity contribution in [1.82, 2.24) is 0 Å². The molecule has 0 spiro atoms. The van der Waals surface area contributed by atoms with Gasteiger partial charge in [-0.05, 0) is 22.0 Å². The Labute approximate surface area is 97.5 Å². The van der Waals surface area contributed by atoms with Crippen LogP contribution in [0.1, 0.15) is 0 Å². The summed E-state index contributed by atoms with van der Waals surface area (Å²) in [4.78, 5) is -1.02. The van der Waals surface area contributed by atoms with Crippen LogP contribution in [0.15, 0.2) is 15.4 Å². The normalized spacial score (nSPS) is 11.5. The van der Waals surface area contributed by atoms with E-state index in [-0.39, 0.29) is 4.47 Å². The molecule has 0 aromatic heterocycles. The Morgan fingerprint density at radius 2 is 2.00 bits per heavy atom. The van der Waals surface area contributed by atoms with Crippen molar-refractivity contribution in [2.24, 2.45) is 0 Å². The number of hydrogen-bond donors (Lipinski definition) is 0. The third-order valence-corrected chi connectivity index (χ3v) is 3.43. The van der Waals surface area contributed by atoms with Crippen molar-refractivity contribution in [3.63, 3.8) is 0 Å². The standard InChI is InChI=1S/C7H4BrClF2O3S/c1-14-6-4(10)2-3(8)5(11)7(6)15(9,12)13/h2H,1H3. The van der Waals surface area contributed by atoms with Crippen molar-refractivity contribution in [2.45, 2.75) is 4.90 Å². The van der Waals surface area contributed by atoms with Gasteiger partial charge in [0.2, 0.25) is 0 Å². The average molecular weight is 322 g/mol. The van der Waals surface area contributed by atoms with Crippen LogP contribution in [0.4, 0.5) is 8.78 Å². The van der Waals surface area contributed by atoms with Gasteiger partial charge in [0.1, 0.15) is 0 Å². The van der Waals surface area contributed by atoms with Gasteiger partial charge in [-0.2, -0.15) is 0 Å². The predicted octanol–water partition coefficient (Wildman–Crippen LogP) is 2.66. The Bertz CT molecular complexity index is 503. The monoisotopic (exact) mass is 320 g/mol. The Hall–Kier alpha value is -0.400. The molecular weight excluding hydrogens is 317 g/mol. The van der Waals surface area contributed by atoms with E-state index < -0.39 is 31.3 Å². The highest BCUT2D eigenvalue weighted by atomic mass is 79.9. The first-order chi connectivity index (χ1) is 6.79. The molecule has 0 N–H and O–H groups in total. The summed E-state index contributed by atoms with van der Waals surface area (Å²) in [7, 11) is 1.55. The van der Waals surface area contributed by atoms with Crippen molar-refractivity contribution < 1.29 is 21.9 Å². The zero-order valence-corrected chi connectivity index (χ0v) is 10.4. The second-order valence-electron chi connectivity index (χ2n) is 2.45. The van der Waals surface area contributed by atoms with E-state index >= 15 is 0 Å². The van der Waals surface area contributed by atoms with Gasteiger partial charge >= 0.3 is 0 Å². The van der Waals surface area contributed by atoms with Gasteiger partial charge in [-0.15, -0.1) is 0 Å². The van der Waals surface area contributed by atoms with Gasteiger partial charge in [-0.3, -0.25) is 0 Å². The van der Waals surface area contributed by atoms with E-state index in [9.17, 15) is 17.2 Å². The molecule has 0 heterocycles. The third-order valence-electron chi connectivity index (χ3n) is 1.53. The minimum Gasteiger partial charge on any atom is -0.492 e. The van der Waals surface area contributed by atoms with Gasteiger partial charge in [0.15, 0.2) is 22.3 Å². The van der Waals surface area contributed by atoms with Crippen molar-refractivity contribution in [1.29, 1.82) is 0 Å². The SMILES string of the molecule is COc1c(F)cc(Br)c(F)c1S(=O)(=O)Cl. The molecule has 15 heavy (non-hydrogen) atoms. The molecule has 0 atom stereocenters. The molecule has 0 aliphatic carbocycles. The summed E-state index contributed by atoms with van der Waals surface area (Å²) < 4.78 is 52.6. The lowest BCUT2D eigenvalue weighted by molar-refractivity contribution is 0.366. The molecule has 3 nitrogen and oxygen atoms in total. The van der Waals surface area contributed by atoms with Crippen LogP contribution in [0.2, 0.25) is 0 Å². The van der Waals surface area contributed by atoms with Crippen LogP contribution >= 0.6 is 26.6 Å². The van der Waals surface area contributed by atoms with E-state index in [0.29, 0.717) is 0 Å². The maximum atomic E-state index is 13.4. The molecule has 0 bridgehead atoms. The number of ether oxygens (including phenoxy) is 1. The molecule has 0 aliphatic rings. The Kier molecular flexibility index (Phi) is 3.57. The summed E-state index contributed by atoms with van der Waals surface area (Å²) in [5.41, 5.74) is 0. The average Bonchev–Trinajstić information content (AvgIpc) is 2.08. The molecule has 0 radical (unpaired) electrons. The summed E-state index contributed by atoms with van der Waals surface area (Å²) in [5.74, 6) is -2.96. The minimum absolute atomic E-state index is 0.347. The molecule has 1 aromatic rings. The smallest absolute Gasteiger partial charge is 0.268 e. The third kappa shape index (κ3) is 2.40. The van der Waals surface area contributed by atoms with Crippen molar-refractivity contribution in [3.8, 4) is 5.75 Å². The van der Waals surface area contributed by atoms with E-state index in [2.05, 4.69) is 20.7 Å². The molecule has 0 saturated carbocycles. The van der Waals surface area contributed by atoms with Gasteiger partial charge < -0.3 is 4.74 Å². The van der Waals surface area contributed by atoms with Crippen LogP contribution in [0.25, 0.3) is 0 Å². The molecule has 0 fully saturated rings. The Balaban J connectivity index is 3.74. The van der Waals surface area contributed by atoms with Crippen molar-refractivity contribution in [2.75, 3.05) is 7.11 Å². The van der Waals surface area contributed by atoms with Gasteiger partial charge in [-0.25, -0.2) is 17.2 Å². The molecule has 1 rings (SSSR count). The van der Waals surface area contributed by atoms with E-state index in [1.807, 2.05) is 0 Å². The largest absolute Gasteiger partial charge is 0.492 e. The number of methoxy groups -OCH3 is 1. The summed E-state index contributed by atoms with van der Waals surface area (Å²) in [5, 5.41) is 0. The quantitative estimate of drug-likeness (QED) is 0.621. The molecule has 1 aromatic carbocycles.